The van der Waals surface area contributed by atoms with Gasteiger partial charge in [-0.25, -0.2) is 21.8 Å². The Hall–Kier alpha value is -2.94. The first-order valence-corrected chi connectivity index (χ1v) is 9.12. The number of aromatic nitrogens is 3. The lowest BCUT2D eigenvalue weighted by Crippen LogP contribution is -2.27. The molecule has 9 heteroatoms. The summed E-state index contributed by atoms with van der Waals surface area (Å²) >= 11 is 0. The molecule has 0 saturated carbocycles. The van der Waals surface area contributed by atoms with Crippen LogP contribution in [0.15, 0.2) is 59.6 Å². The molecule has 0 unspecified atom stereocenters. The van der Waals surface area contributed by atoms with Gasteiger partial charge in [-0.05, 0) is 17.7 Å². The maximum absolute atomic E-state index is 13.3. The largest absolute Gasteiger partial charge is 0.495 e. The molecule has 0 bridgehead atoms. The van der Waals surface area contributed by atoms with Gasteiger partial charge in [0.25, 0.3) is 10.0 Å². The smallest absolute Gasteiger partial charge is 0.269 e. The highest BCUT2D eigenvalue weighted by Crippen LogP contribution is 2.28. The van der Waals surface area contributed by atoms with Crippen molar-refractivity contribution in [2.75, 3.05) is 18.5 Å². The predicted octanol–water partition coefficient (Wildman–Crippen LogP) is 2.30. The van der Waals surface area contributed by atoms with E-state index in [9.17, 15) is 12.8 Å². The molecule has 7 nitrogen and oxygen atoms in total. The van der Waals surface area contributed by atoms with Crippen molar-refractivity contribution in [3.63, 3.8) is 0 Å². The van der Waals surface area contributed by atoms with Gasteiger partial charge in [0.05, 0.1) is 19.9 Å². The van der Waals surface area contributed by atoms with Crippen LogP contribution in [-0.2, 0) is 16.6 Å². The molecule has 2 aromatic carbocycles. The quantitative estimate of drug-likeness (QED) is 0.660. The summed E-state index contributed by atoms with van der Waals surface area (Å²) in [6.07, 6.45) is 1.53. The molecule has 26 heavy (non-hydrogen) atoms. The van der Waals surface area contributed by atoms with E-state index in [1.54, 1.807) is 4.68 Å². The molecule has 0 spiro atoms. The standard InChI is InChI=1S/C17H17FN4O3S/c1-21(26(23,24)16-9-8-14(18)10-15(16)25-2)17-12-22(20-19-17)11-13-6-4-3-5-7-13/h3-10,12H,11H2,1-2H3. The second-order valence-corrected chi connectivity index (χ2v) is 7.47. The lowest BCUT2D eigenvalue weighted by Gasteiger charge is -2.18. The van der Waals surface area contributed by atoms with Crippen LogP contribution in [0.4, 0.5) is 10.2 Å². The second-order valence-electron chi connectivity index (χ2n) is 5.53. The summed E-state index contributed by atoms with van der Waals surface area (Å²) in [6.45, 7) is 0.460. The van der Waals surface area contributed by atoms with Gasteiger partial charge in [0.2, 0.25) is 0 Å². The molecule has 0 aliphatic carbocycles. The van der Waals surface area contributed by atoms with E-state index >= 15 is 0 Å². The topological polar surface area (TPSA) is 77.3 Å². The van der Waals surface area contributed by atoms with E-state index in [4.69, 9.17) is 4.74 Å². The van der Waals surface area contributed by atoms with Crippen molar-refractivity contribution >= 4 is 15.8 Å². The average Bonchev–Trinajstić information content (AvgIpc) is 3.09. The van der Waals surface area contributed by atoms with E-state index in [2.05, 4.69) is 10.3 Å². The van der Waals surface area contributed by atoms with E-state index in [0.717, 1.165) is 28.1 Å². The van der Waals surface area contributed by atoms with Gasteiger partial charge in [0.1, 0.15) is 16.5 Å². The molecular formula is C17H17FN4O3S. The summed E-state index contributed by atoms with van der Waals surface area (Å²) in [5.41, 5.74) is 1.01. The number of nitrogens with zero attached hydrogens (tertiary/aromatic N) is 4. The summed E-state index contributed by atoms with van der Waals surface area (Å²) < 4.78 is 46.5. The minimum Gasteiger partial charge on any atom is -0.495 e. The molecule has 0 saturated heterocycles. The van der Waals surface area contributed by atoms with Crippen LogP contribution in [0.1, 0.15) is 5.56 Å². The van der Waals surface area contributed by atoms with Crippen molar-refractivity contribution in [1.82, 2.24) is 15.0 Å². The molecule has 0 aliphatic rings. The zero-order valence-electron chi connectivity index (χ0n) is 14.2. The summed E-state index contributed by atoms with van der Waals surface area (Å²) in [6, 6.07) is 12.8. The number of anilines is 1. The highest BCUT2D eigenvalue weighted by molar-refractivity contribution is 7.92. The van der Waals surface area contributed by atoms with E-state index in [1.165, 1.54) is 20.4 Å². The number of rotatable bonds is 6. The fourth-order valence-electron chi connectivity index (χ4n) is 2.41. The first-order valence-electron chi connectivity index (χ1n) is 7.68. The van der Waals surface area contributed by atoms with Gasteiger partial charge in [-0.1, -0.05) is 35.5 Å². The van der Waals surface area contributed by atoms with Crippen LogP contribution in [0.25, 0.3) is 0 Å². The number of ether oxygens (including phenoxy) is 1. The lowest BCUT2D eigenvalue weighted by molar-refractivity contribution is 0.399. The first kappa shape index (κ1) is 17.9. The number of methoxy groups -OCH3 is 1. The molecule has 0 radical (unpaired) electrons. The minimum atomic E-state index is -3.99. The molecule has 0 N–H and O–H groups in total. The summed E-state index contributed by atoms with van der Waals surface area (Å²) in [4.78, 5) is -0.151. The molecule has 0 aliphatic heterocycles. The van der Waals surface area contributed by atoms with E-state index in [0.29, 0.717) is 6.54 Å². The monoisotopic (exact) mass is 376 g/mol. The van der Waals surface area contributed by atoms with E-state index < -0.39 is 15.8 Å². The Balaban J connectivity index is 1.88. The van der Waals surface area contributed by atoms with Crippen molar-refractivity contribution < 1.29 is 17.5 Å². The fourth-order valence-corrected chi connectivity index (χ4v) is 3.67. The van der Waals surface area contributed by atoms with Crippen molar-refractivity contribution in [2.45, 2.75) is 11.4 Å². The number of hydrogen-bond acceptors (Lipinski definition) is 5. The Morgan fingerprint density at radius 2 is 1.92 bits per heavy atom. The van der Waals surface area contributed by atoms with Crippen molar-refractivity contribution in [2.24, 2.45) is 0 Å². The third-order valence-corrected chi connectivity index (χ3v) is 5.60. The van der Waals surface area contributed by atoms with Crippen LogP contribution in [0.5, 0.6) is 5.75 Å². The highest BCUT2D eigenvalue weighted by atomic mass is 32.2. The Morgan fingerprint density at radius 3 is 2.62 bits per heavy atom. The number of hydrogen-bond donors (Lipinski definition) is 0. The molecule has 3 aromatic rings. The maximum Gasteiger partial charge on any atom is 0.269 e. The Morgan fingerprint density at radius 1 is 1.19 bits per heavy atom. The molecular weight excluding hydrogens is 359 g/mol. The van der Waals surface area contributed by atoms with Gasteiger partial charge in [0, 0.05) is 13.1 Å². The van der Waals surface area contributed by atoms with Gasteiger partial charge in [-0.2, -0.15) is 0 Å². The Bertz CT molecular complexity index is 1010. The van der Waals surface area contributed by atoms with Crippen molar-refractivity contribution in [1.29, 1.82) is 0 Å². The molecule has 1 aromatic heterocycles. The Kier molecular flexibility index (Phi) is 4.90. The lowest BCUT2D eigenvalue weighted by atomic mass is 10.2. The van der Waals surface area contributed by atoms with Gasteiger partial charge < -0.3 is 4.74 Å². The average molecular weight is 376 g/mol. The van der Waals surface area contributed by atoms with Crippen LogP contribution in [0.2, 0.25) is 0 Å². The Labute approximate surface area is 150 Å². The molecule has 3 rings (SSSR count). The summed E-state index contributed by atoms with van der Waals surface area (Å²) in [7, 11) is -1.35. The summed E-state index contributed by atoms with van der Waals surface area (Å²) in [5.74, 6) is -0.516. The first-order chi connectivity index (χ1) is 12.4. The zero-order chi connectivity index (χ0) is 18.7. The van der Waals surface area contributed by atoms with Crippen LogP contribution >= 0.6 is 0 Å². The van der Waals surface area contributed by atoms with E-state index in [-0.39, 0.29) is 16.5 Å². The van der Waals surface area contributed by atoms with Crippen molar-refractivity contribution in [3.05, 3.63) is 66.1 Å². The molecule has 0 fully saturated rings. The van der Waals surface area contributed by atoms with Crippen LogP contribution in [0.3, 0.4) is 0 Å². The highest BCUT2D eigenvalue weighted by Gasteiger charge is 2.27. The van der Waals surface area contributed by atoms with E-state index in [1.807, 2.05) is 30.3 Å². The van der Waals surface area contributed by atoms with Gasteiger partial charge >= 0.3 is 0 Å². The number of sulfonamides is 1. The van der Waals surface area contributed by atoms with Gasteiger partial charge in [-0.15, -0.1) is 5.10 Å². The molecule has 1 heterocycles. The minimum absolute atomic E-state index is 0.0754. The predicted molar refractivity (Wildman–Crippen MR) is 94.1 cm³/mol. The summed E-state index contributed by atoms with van der Waals surface area (Å²) in [5, 5.41) is 7.89. The number of halogens is 1. The normalized spacial score (nSPS) is 11.3. The molecule has 0 amide bonds. The fraction of sp³-hybridized carbons (Fsp3) is 0.176. The van der Waals surface area contributed by atoms with Crippen molar-refractivity contribution in [3.8, 4) is 5.75 Å². The third kappa shape index (κ3) is 3.52. The van der Waals surface area contributed by atoms with Gasteiger partial charge in [-0.3, -0.25) is 0 Å². The number of benzene rings is 2. The molecule has 136 valence electrons. The van der Waals surface area contributed by atoms with Gasteiger partial charge in [0.15, 0.2) is 5.82 Å². The second kappa shape index (κ2) is 7.12. The maximum atomic E-state index is 13.3. The van der Waals surface area contributed by atoms with Crippen LogP contribution < -0.4 is 9.04 Å². The van der Waals surface area contributed by atoms with Crippen LogP contribution in [0, 0.1) is 5.82 Å². The molecule has 0 atom stereocenters. The van der Waals surface area contributed by atoms with Crippen LogP contribution in [-0.4, -0.2) is 37.6 Å². The zero-order valence-corrected chi connectivity index (χ0v) is 15.0. The SMILES string of the molecule is COc1cc(F)ccc1S(=O)(=O)N(C)c1cn(Cc2ccccc2)nn1. The third-order valence-electron chi connectivity index (χ3n) is 3.80.